The monoisotopic (exact) mass is 144 g/mol. The number of azide groups is 1. The van der Waals surface area contributed by atoms with Crippen LogP contribution in [0.4, 0.5) is 11.4 Å². The summed E-state index contributed by atoms with van der Waals surface area (Å²) < 4.78 is 0. The van der Waals surface area contributed by atoms with E-state index in [0.29, 0.717) is 11.4 Å². The van der Waals surface area contributed by atoms with Crippen LogP contribution in [0, 0.1) is 6.57 Å². The molecule has 0 aliphatic heterocycles. The molecular weight excluding hydrogens is 140 g/mol. The number of para-hydroxylation sites is 1. The molecule has 0 N–H and O–H groups in total. The third kappa shape index (κ3) is 1.48. The Morgan fingerprint density at radius 2 is 2.09 bits per heavy atom. The Morgan fingerprint density at radius 3 is 2.73 bits per heavy atom. The smallest absolute Gasteiger partial charge is 0.196 e. The molecule has 0 aliphatic rings. The molecule has 1 aromatic rings. The fraction of sp³-hybridized carbons (Fsp3) is 0. The lowest BCUT2D eigenvalue weighted by atomic mass is 10.3. The summed E-state index contributed by atoms with van der Waals surface area (Å²) in [5, 5.41) is 3.34. The van der Waals surface area contributed by atoms with Gasteiger partial charge in [-0.15, -0.1) is 0 Å². The molecule has 0 aliphatic carbocycles. The van der Waals surface area contributed by atoms with E-state index in [1.165, 1.54) is 0 Å². The van der Waals surface area contributed by atoms with Crippen molar-refractivity contribution in [2.24, 2.45) is 5.11 Å². The maximum atomic E-state index is 8.10. The molecule has 0 saturated carbocycles. The molecule has 0 spiro atoms. The minimum absolute atomic E-state index is 0.380. The summed E-state index contributed by atoms with van der Waals surface area (Å²) >= 11 is 0. The fourth-order valence-electron chi connectivity index (χ4n) is 0.691. The van der Waals surface area contributed by atoms with Crippen LogP contribution in [0.1, 0.15) is 0 Å². The molecule has 0 aromatic heterocycles. The molecule has 1 aromatic carbocycles. The van der Waals surface area contributed by atoms with Gasteiger partial charge in [0.25, 0.3) is 0 Å². The van der Waals surface area contributed by atoms with E-state index in [4.69, 9.17) is 12.1 Å². The third-order valence-electron chi connectivity index (χ3n) is 1.15. The molecule has 52 valence electrons. The van der Waals surface area contributed by atoms with Gasteiger partial charge in [0.05, 0.1) is 6.57 Å². The van der Waals surface area contributed by atoms with Gasteiger partial charge in [-0.25, -0.2) is 4.85 Å². The van der Waals surface area contributed by atoms with Crippen molar-refractivity contribution in [2.75, 3.05) is 0 Å². The topological polar surface area (TPSA) is 53.1 Å². The largest absolute Gasteiger partial charge is 0.238 e. The summed E-state index contributed by atoms with van der Waals surface area (Å²) in [6.45, 7) is 6.70. The van der Waals surface area contributed by atoms with Crippen molar-refractivity contribution in [3.63, 3.8) is 0 Å². The van der Waals surface area contributed by atoms with Crippen LogP contribution in [-0.4, -0.2) is 0 Å². The predicted molar refractivity (Wildman–Crippen MR) is 41.5 cm³/mol. The zero-order valence-electron chi connectivity index (χ0n) is 5.60. The second-order valence-electron chi connectivity index (χ2n) is 1.79. The summed E-state index contributed by atoms with van der Waals surface area (Å²) in [4.78, 5) is 5.77. The SMILES string of the molecule is [C-]#[N+]c1ccccc1N=[N+]=[N-]. The van der Waals surface area contributed by atoms with Gasteiger partial charge in [0.1, 0.15) is 0 Å². The number of hydrogen-bond acceptors (Lipinski definition) is 1. The highest BCUT2D eigenvalue weighted by molar-refractivity contribution is 5.65. The average Bonchev–Trinajstić information content (AvgIpc) is 2.06. The highest BCUT2D eigenvalue weighted by atomic mass is 15.1. The number of rotatable bonds is 1. The standard InChI is InChI=1S/C7H4N4/c1-9-6-4-2-3-5-7(6)10-11-8/h2-5H. The van der Waals surface area contributed by atoms with Crippen LogP contribution >= 0.6 is 0 Å². The van der Waals surface area contributed by atoms with Crippen LogP contribution in [0.15, 0.2) is 29.4 Å². The normalized spacial score (nSPS) is 7.91. The van der Waals surface area contributed by atoms with Crippen molar-refractivity contribution in [1.82, 2.24) is 0 Å². The maximum absolute atomic E-state index is 8.10. The summed E-state index contributed by atoms with van der Waals surface area (Å²) in [5.74, 6) is 0. The molecule has 0 fully saturated rings. The van der Waals surface area contributed by atoms with E-state index in [-0.39, 0.29) is 0 Å². The highest BCUT2D eigenvalue weighted by Gasteiger charge is 1.95. The Balaban J connectivity index is 3.25. The third-order valence-corrected chi connectivity index (χ3v) is 1.15. The van der Waals surface area contributed by atoms with E-state index in [1.54, 1.807) is 24.3 Å². The van der Waals surface area contributed by atoms with Crippen molar-refractivity contribution in [1.29, 1.82) is 0 Å². The molecule has 0 heterocycles. The molecule has 0 radical (unpaired) electrons. The summed E-state index contributed by atoms with van der Waals surface area (Å²) in [7, 11) is 0. The van der Waals surface area contributed by atoms with Gasteiger partial charge < -0.3 is 0 Å². The molecule has 1 rings (SSSR count). The molecule has 4 nitrogen and oxygen atoms in total. The molecule has 11 heavy (non-hydrogen) atoms. The first-order chi connectivity index (χ1) is 5.38. The minimum Gasteiger partial charge on any atom is -0.238 e. The van der Waals surface area contributed by atoms with Crippen molar-refractivity contribution < 1.29 is 0 Å². The minimum atomic E-state index is 0.380. The fourth-order valence-corrected chi connectivity index (χ4v) is 0.691. The van der Waals surface area contributed by atoms with Crippen molar-refractivity contribution in [2.45, 2.75) is 0 Å². The molecule has 4 heteroatoms. The van der Waals surface area contributed by atoms with Crippen LogP contribution in [0.2, 0.25) is 0 Å². The van der Waals surface area contributed by atoms with Gasteiger partial charge in [-0.2, -0.15) is 0 Å². The molecule has 0 saturated heterocycles. The first-order valence-electron chi connectivity index (χ1n) is 2.90. The van der Waals surface area contributed by atoms with Gasteiger partial charge in [-0.05, 0) is 5.53 Å². The van der Waals surface area contributed by atoms with E-state index >= 15 is 0 Å². The number of benzene rings is 1. The zero-order chi connectivity index (χ0) is 8.10. The summed E-state index contributed by atoms with van der Waals surface area (Å²) in [5.41, 5.74) is 8.85. The van der Waals surface area contributed by atoms with Gasteiger partial charge in [0.2, 0.25) is 0 Å². The Bertz CT molecular complexity index is 344. The second kappa shape index (κ2) is 3.25. The molecule has 0 amide bonds. The van der Waals surface area contributed by atoms with E-state index in [0.717, 1.165) is 0 Å². The number of nitrogens with zero attached hydrogens (tertiary/aromatic N) is 4. The lowest BCUT2D eigenvalue weighted by Gasteiger charge is -1.91. The molecule has 0 atom stereocenters. The zero-order valence-corrected chi connectivity index (χ0v) is 5.60. The van der Waals surface area contributed by atoms with Crippen molar-refractivity contribution in [3.05, 3.63) is 46.1 Å². The quantitative estimate of drug-likeness (QED) is 0.251. The Labute approximate surface area is 63.5 Å². The maximum Gasteiger partial charge on any atom is 0.196 e. The lowest BCUT2D eigenvalue weighted by Crippen LogP contribution is -1.61. The Hall–Kier alpha value is -1.98. The van der Waals surface area contributed by atoms with Crippen molar-refractivity contribution >= 4 is 11.4 Å². The second-order valence-corrected chi connectivity index (χ2v) is 1.79. The summed E-state index contributed by atoms with van der Waals surface area (Å²) in [6.07, 6.45) is 0. The van der Waals surface area contributed by atoms with E-state index in [1.807, 2.05) is 0 Å². The van der Waals surface area contributed by atoms with Gasteiger partial charge in [-0.1, -0.05) is 29.4 Å². The van der Waals surface area contributed by atoms with Crippen LogP contribution in [0.25, 0.3) is 15.3 Å². The van der Waals surface area contributed by atoms with Gasteiger partial charge in [0, 0.05) is 10.6 Å². The van der Waals surface area contributed by atoms with Crippen LogP contribution < -0.4 is 0 Å². The summed E-state index contributed by atoms with van der Waals surface area (Å²) in [6, 6.07) is 6.66. The van der Waals surface area contributed by atoms with E-state index < -0.39 is 0 Å². The predicted octanol–water partition coefficient (Wildman–Crippen LogP) is 3.18. The highest BCUT2D eigenvalue weighted by Crippen LogP contribution is 2.26. The number of hydrogen-bond donors (Lipinski definition) is 0. The van der Waals surface area contributed by atoms with E-state index in [9.17, 15) is 0 Å². The average molecular weight is 144 g/mol. The van der Waals surface area contributed by atoms with Crippen molar-refractivity contribution in [3.8, 4) is 0 Å². The van der Waals surface area contributed by atoms with E-state index in [2.05, 4.69) is 14.9 Å². The Morgan fingerprint density at radius 1 is 1.36 bits per heavy atom. The van der Waals surface area contributed by atoms with Crippen LogP contribution in [-0.2, 0) is 0 Å². The van der Waals surface area contributed by atoms with Gasteiger partial charge >= 0.3 is 0 Å². The van der Waals surface area contributed by atoms with Gasteiger partial charge in [-0.3, -0.25) is 0 Å². The molecule has 0 unspecified atom stereocenters. The first-order valence-corrected chi connectivity index (χ1v) is 2.90. The lowest BCUT2D eigenvalue weighted by molar-refractivity contribution is 1.49. The Kier molecular flexibility index (Phi) is 2.11. The van der Waals surface area contributed by atoms with Crippen LogP contribution in [0.3, 0.4) is 0 Å². The van der Waals surface area contributed by atoms with Crippen LogP contribution in [0.5, 0.6) is 0 Å². The first kappa shape index (κ1) is 7.13. The molecular formula is C7H4N4. The van der Waals surface area contributed by atoms with Gasteiger partial charge in [0.15, 0.2) is 5.69 Å². The molecule has 0 bridgehead atoms.